The van der Waals surface area contributed by atoms with Crippen LogP contribution >= 0.6 is 11.8 Å². The number of benzene rings is 1. The van der Waals surface area contributed by atoms with E-state index < -0.39 is 4.99 Å². The molecule has 4 N–H and O–H groups in total. The summed E-state index contributed by atoms with van der Waals surface area (Å²) in [5.74, 6) is 0. The standard InChI is InChI=1S/C8H12N2S/c1-11-8(9,10)7-5-3-2-4-6-7/h2-6H,9-10H2,1H3. The molecule has 0 radical (unpaired) electrons. The summed E-state index contributed by atoms with van der Waals surface area (Å²) in [6.07, 6.45) is 1.90. The third kappa shape index (κ3) is 1.96. The molecule has 0 unspecified atom stereocenters. The summed E-state index contributed by atoms with van der Waals surface area (Å²) in [4.78, 5) is -0.749. The lowest BCUT2D eigenvalue weighted by molar-refractivity contribution is 0.698. The number of rotatable bonds is 2. The zero-order valence-corrected chi connectivity index (χ0v) is 7.27. The van der Waals surface area contributed by atoms with Crippen LogP contribution in [0.4, 0.5) is 0 Å². The molecule has 11 heavy (non-hydrogen) atoms. The van der Waals surface area contributed by atoms with E-state index >= 15 is 0 Å². The number of hydrogen-bond donors (Lipinski definition) is 2. The van der Waals surface area contributed by atoms with Crippen LogP contribution in [0, 0.1) is 0 Å². The fourth-order valence-electron chi connectivity index (χ4n) is 0.816. The summed E-state index contributed by atoms with van der Waals surface area (Å²) >= 11 is 1.44. The van der Waals surface area contributed by atoms with Crippen LogP contribution in [0.25, 0.3) is 0 Å². The van der Waals surface area contributed by atoms with Crippen LogP contribution in [-0.4, -0.2) is 6.26 Å². The first-order valence-corrected chi connectivity index (χ1v) is 4.58. The third-order valence-corrected chi connectivity index (χ3v) is 2.47. The number of hydrogen-bond acceptors (Lipinski definition) is 3. The van der Waals surface area contributed by atoms with Gasteiger partial charge in [0.05, 0.1) is 0 Å². The Morgan fingerprint density at radius 1 is 1.18 bits per heavy atom. The summed E-state index contributed by atoms with van der Waals surface area (Å²) < 4.78 is 0. The average Bonchev–Trinajstić information content (AvgIpc) is 2.06. The van der Waals surface area contributed by atoms with Crippen LogP contribution < -0.4 is 11.5 Å². The van der Waals surface area contributed by atoms with E-state index in [1.807, 2.05) is 36.6 Å². The predicted molar refractivity (Wildman–Crippen MR) is 50.0 cm³/mol. The molecule has 0 aliphatic rings. The van der Waals surface area contributed by atoms with Crippen molar-refractivity contribution in [3.63, 3.8) is 0 Å². The molecule has 1 aromatic carbocycles. The largest absolute Gasteiger partial charge is 0.301 e. The monoisotopic (exact) mass is 168 g/mol. The molecule has 3 heteroatoms. The molecule has 0 fully saturated rings. The zero-order chi connectivity index (χ0) is 8.32. The maximum absolute atomic E-state index is 5.78. The Morgan fingerprint density at radius 2 is 1.73 bits per heavy atom. The lowest BCUT2D eigenvalue weighted by Crippen LogP contribution is -2.42. The fraction of sp³-hybridized carbons (Fsp3) is 0.250. The maximum atomic E-state index is 5.78. The topological polar surface area (TPSA) is 52.0 Å². The molecule has 1 rings (SSSR count). The Balaban J connectivity index is 2.93. The van der Waals surface area contributed by atoms with Gasteiger partial charge in [-0.05, 0) is 11.8 Å². The highest BCUT2D eigenvalue weighted by Gasteiger charge is 2.18. The highest BCUT2D eigenvalue weighted by Crippen LogP contribution is 2.21. The van der Waals surface area contributed by atoms with Gasteiger partial charge in [0.25, 0.3) is 0 Å². The Kier molecular flexibility index (Phi) is 2.54. The van der Waals surface area contributed by atoms with Crippen molar-refractivity contribution < 1.29 is 0 Å². The van der Waals surface area contributed by atoms with Gasteiger partial charge in [-0.1, -0.05) is 30.3 Å². The van der Waals surface area contributed by atoms with Crippen molar-refractivity contribution in [1.29, 1.82) is 0 Å². The van der Waals surface area contributed by atoms with E-state index in [9.17, 15) is 0 Å². The van der Waals surface area contributed by atoms with Gasteiger partial charge < -0.3 is 11.5 Å². The first-order valence-electron chi connectivity index (χ1n) is 3.35. The van der Waals surface area contributed by atoms with Crippen molar-refractivity contribution >= 4 is 11.8 Å². The third-order valence-electron chi connectivity index (χ3n) is 1.56. The van der Waals surface area contributed by atoms with Crippen LogP contribution in [0.5, 0.6) is 0 Å². The summed E-state index contributed by atoms with van der Waals surface area (Å²) in [5, 5.41) is 0. The molecule has 2 nitrogen and oxygen atoms in total. The van der Waals surface area contributed by atoms with Crippen molar-refractivity contribution in [2.75, 3.05) is 6.26 Å². The predicted octanol–water partition coefficient (Wildman–Crippen LogP) is 1.08. The van der Waals surface area contributed by atoms with Gasteiger partial charge in [0.15, 0.2) is 0 Å². The molecule has 60 valence electrons. The number of thioether (sulfide) groups is 1. The molecule has 0 aromatic heterocycles. The van der Waals surface area contributed by atoms with Crippen molar-refractivity contribution in [2.45, 2.75) is 4.99 Å². The molecule has 0 aliphatic carbocycles. The molecule has 0 amide bonds. The molecule has 0 saturated carbocycles. The first-order chi connectivity index (χ1) is 5.17. The molecule has 0 aliphatic heterocycles. The average molecular weight is 168 g/mol. The van der Waals surface area contributed by atoms with E-state index in [1.54, 1.807) is 0 Å². The van der Waals surface area contributed by atoms with E-state index in [1.165, 1.54) is 11.8 Å². The molecule has 0 atom stereocenters. The smallest absolute Gasteiger partial charge is 0.138 e. The van der Waals surface area contributed by atoms with Gasteiger partial charge in [-0.25, -0.2) is 0 Å². The van der Waals surface area contributed by atoms with Gasteiger partial charge in [0.2, 0.25) is 0 Å². The minimum Gasteiger partial charge on any atom is -0.301 e. The Bertz CT molecular complexity index is 221. The Morgan fingerprint density at radius 3 is 2.18 bits per heavy atom. The van der Waals surface area contributed by atoms with Gasteiger partial charge in [-0.15, -0.1) is 11.8 Å². The second-order valence-corrected chi connectivity index (χ2v) is 3.45. The van der Waals surface area contributed by atoms with E-state index in [-0.39, 0.29) is 0 Å². The second-order valence-electron chi connectivity index (χ2n) is 2.36. The minimum absolute atomic E-state index is 0.749. The van der Waals surface area contributed by atoms with E-state index in [0.717, 1.165) is 5.56 Å². The van der Waals surface area contributed by atoms with Crippen LogP contribution in [0.2, 0.25) is 0 Å². The van der Waals surface area contributed by atoms with Crippen molar-refractivity contribution in [3.05, 3.63) is 35.9 Å². The number of nitrogens with two attached hydrogens (primary N) is 2. The highest BCUT2D eigenvalue weighted by molar-refractivity contribution is 7.99. The van der Waals surface area contributed by atoms with Crippen LogP contribution in [0.3, 0.4) is 0 Å². The van der Waals surface area contributed by atoms with Gasteiger partial charge in [0, 0.05) is 0 Å². The van der Waals surface area contributed by atoms with Crippen molar-refractivity contribution in [1.82, 2.24) is 0 Å². The summed E-state index contributed by atoms with van der Waals surface area (Å²) in [6, 6.07) is 9.66. The van der Waals surface area contributed by atoms with Gasteiger partial charge in [-0.3, -0.25) is 0 Å². The SMILES string of the molecule is CSC(N)(N)c1ccccc1. The van der Waals surface area contributed by atoms with Crippen LogP contribution in [0.15, 0.2) is 30.3 Å². The summed E-state index contributed by atoms with van der Waals surface area (Å²) in [7, 11) is 0. The molecule has 0 heterocycles. The summed E-state index contributed by atoms with van der Waals surface area (Å²) in [6.45, 7) is 0. The van der Waals surface area contributed by atoms with Crippen LogP contribution in [0.1, 0.15) is 5.56 Å². The van der Waals surface area contributed by atoms with E-state index in [2.05, 4.69) is 0 Å². The summed E-state index contributed by atoms with van der Waals surface area (Å²) in [5.41, 5.74) is 12.5. The van der Waals surface area contributed by atoms with Gasteiger partial charge in [-0.2, -0.15) is 0 Å². The molecule has 0 saturated heterocycles. The Labute approximate surface area is 71.0 Å². The molecule has 0 bridgehead atoms. The fourth-order valence-corrected chi connectivity index (χ4v) is 1.19. The van der Waals surface area contributed by atoms with Gasteiger partial charge in [0.1, 0.15) is 4.99 Å². The van der Waals surface area contributed by atoms with Crippen LogP contribution in [-0.2, 0) is 4.99 Å². The lowest BCUT2D eigenvalue weighted by Gasteiger charge is -2.21. The molecule has 0 spiro atoms. The van der Waals surface area contributed by atoms with E-state index in [0.29, 0.717) is 0 Å². The normalized spacial score (nSPS) is 11.5. The quantitative estimate of drug-likeness (QED) is 0.650. The molecular weight excluding hydrogens is 156 g/mol. The zero-order valence-electron chi connectivity index (χ0n) is 6.45. The highest BCUT2D eigenvalue weighted by atomic mass is 32.2. The second kappa shape index (κ2) is 3.26. The van der Waals surface area contributed by atoms with Gasteiger partial charge >= 0.3 is 0 Å². The van der Waals surface area contributed by atoms with Crippen molar-refractivity contribution in [3.8, 4) is 0 Å². The minimum atomic E-state index is -0.749. The molecular formula is C8H12N2S. The molecule has 1 aromatic rings. The van der Waals surface area contributed by atoms with Crippen molar-refractivity contribution in [2.24, 2.45) is 11.5 Å². The maximum Gasteiger partial charge on any atom is 0.138 e. The Hall–Kier alpha value is -0.510. The first kappa shape index (κ1) is 8.59. The lowest BCUT2D eigenvalue weighted by atomic mass is 10.2. The van der Waals surface area contributed by atoms with E-state index in [4.69, 9.17) is 11.5 Å².